The highest BCUT2D eigenvalue weighted by molar-refractivity contribution is 5.68. The Morgan fingerprint density at radius 2 is 1.50 bits per heavy atom. The monoisotopic (exact) mass is 304 g/mol. The van der Waals surface area contributed by atoms with Crippen LogP contribution in [-0.2, 0) is 0 Å². The minimum atomic E-state index is -0.502. The first-order valence-electron chi connectivity index (χ1n) is 8.54. The van der Waals surface area contributed by atoms with Crippen molar-refractivity contribution in [3.63, 3.8) is 0 Å². The molecule has 0 atom stereocenters. The number of halogens is 2. The summed E-state index contributed by atoms with van der Waals surface area (Å²) in [5.41, 5.74) is 3.17. The third-order valence-electron chi connectivity index (χ3n) is 4.32. The van der Waals surface area contributed by atoms with E-state index >= 15 is 0 Å². The third-order valence-corrected chi connectivity index (χ3v) is 4.32. The van der Waals surface area contributed by atoms with E-state index in [2.05, 4.69) is 13.0 Å². The van der Waals surface area contributed by atoms with Gasteiger partial charge in [-0.25, -0.2) is 8.78 Å². The molecule has 0 spiro atoms. The van der Waals surface area contributed by atoms with Crippen molar-refractivity contribution in [1.29, 1.82) is 0 Å². The van der Waals surface area contributed by atoms with Crippen molar-refractivity contribution in [3.05, 3.63) is 53.1 Å². The van der Waals surface area contributed by atoms with Crippen LogP contribution in [-0.4, -0.2) is 0 Å². The minimum Gasteiger partial charge on any atom is -0.207 e. The van der Waals surface area contributed by atoms with E-state index in [4.69, 9.17) is 0 Å². The fourth-order valence-corrected chi connectivity index (χ4v) is 3.00. The molecule has 2 rings (SSSR count). The Morgan fingerprint density at radius 1 is 0.818 bits per heavy atom. The number of unbranched alkanes of at least 4 members (excludes halogenated alkanes) is 5. The van der Waals surface area contributed by atoms with Crippen LogP contribution in [0.2, 0.25) is 0 Å². The van der Waals surface area contributed by atoms with E-state index in [0.29, 0.717) is 5.56 Å². The van der Waals surface area contributed by atoms with Crippen LogP contribution < -0.4 is 0 Å². The largest absolute Gasteiger partial charge is 0.207 e. The quantitative estimate of drug-likeness (QED) is 0.462. The first-order valence-corrected chi connectivity index (χ1v) is 8.54. The third kappa shape index (κ3) is 5.40. The molecule has 0 bridgehead atoms. The SMILES string of the molecule is CCCCCCCCC1=CC=C(c2cc(F)cc(F)c2)CC1. The van der Waals surface area contributed by atoms with E-state index in [1.54, 1.807) is 0 Å². The second kappa shape index (κ2) is 8.87. The Labute approximate surface area is 132 Å². The van der Waals surface area contributed by atoms with Gasteiger partial charge in [0.1, 0.15) is 11.6 Å². The Morgan fingerprint density at radius 3 is 2.14 bits per heavy atom. The molecule has 1 aliphatic rings. The van der Waals surface area contributed by atoms with E-state index in [1.807, 2.05) is 6.08 Å². The van der Waals surface area contributed by atoms with Crippen LogP contribution in [0.1, 0.15) is 70.3 Å². The van der Waals surface area contributed by atoms with Gasteiger partial charge in [-0.3, -0.25) is 0 Å². The van der Waals surface area contributed by atoms with Gasteiger partial charge in [-0.1, -0.05) is 56.8 Å². The average Bonchev–Trinajstić information content (AvgIpc) is 2.50. The van der Waals surface area contributed by atoms with Crippen LogP contribution in [0.25, 0.3) is 5.57 Å². The number of allylic oxidation sites excluding steroid dienone is 4. The summed E-state index contributed by atoms with van der Waals surface area (Å²) >= 11 is 0. The van der Waals surface area contributed by atoms with Crippen molar-refractivity contribution in [3.8, 4) is 0 Å². The molecule has 2 heteroatoms. The highest BCUT2D eigenvalue weighted by Crippen LogP contribution is 2.29. The van der Waals surface area contributed by atoms with E-state index in [0.717, 1.165) is 30.9 Å². The maximum absolute atomic E-state index is 13.3. The summed E-state index contributed by atoms with van der Waals surface area (Å²) in [7, 11) is 0. The molecule has 0 unspecified atom stereocenters. The second-order valence-corrected chi connectivity index (χ2v) is 6.19. The lowest BCUT2D eigenvalue weighted by Crippen LogP contribution is -1.96. The van der Waals surface area contributed by atoms with Gasteiger partial charge in [0.05, 0.1) is 0 Å². The highest BCUT2D eigenvalue weighted by atomic mass is 19.1. The topological polar surface area (TPSA) is 0 Å². The summed E-state index contributed by atoms with van der Waals surface area (Å²) in [5.74, 6) is -1.00. The molecule has 0 heterocycles. The highest BCUT2D eigenvalue weighted by Gasteiger charge is 2.10. The summed E-state index contributed by atoms with van der Waals surface area (Å²) < 4.78 is 26.5. The van der Waals surface area contributed by atoms with E-state index < -0.39 is 11.6 Å². The second-order valence-electron chi connectivity index (χ2n) is 6.19. The van der Waals surface area contributed by atoms with Gasteiger partial charge in [0.2, 0.25) is 0 Å². The molecule has 0 N–H and O–H groups in total. The molecule has 0 aliphatic heterocycles. The number of hydrogen-bond donors (Lipinski definition) is 0. The van der Waals surface area contributed by atoms with Crippen molar-refractivity contribution >= 4 is 5.57 Å². The molecule has 1 aliphatic carbocycles. The summed E-state index contributed by atoms with van der Waals surface area (Å²) in [4.78, 5) is 0. The Kier molecular flexibility index (Phi) is 6.82. The summed E-state index contributed by atoms with van der Waals surface area (Å²) in [6, 6.07) is 3.76. The van der Waals surface area contributed by atoms with Gasteiger partial charge in [0.15, 0.2) is 0 Å². The zero-order valence-corrected chi connectivity index (χ0v) is 13.5. The van der Waals surface area contributed by atoms with E-state index in [9.17, 15) is 8.78 Å². The predicted molar refractivity (Wildman–Crippen MR) is 89.6 cm³/mol. The van der Waals surface area contributed by atoms with Gasteiger partial charge in [-0.05, 0) is 49.0 Å². The Hall–Kier alpha value is -1.44. The zero-order valence-electron chi connectivity index (χ0n) is 13.5. The van der Waals surface area contributed by atoms with Crippen molar-refractivity contribution in [2.24, 2.45) is 0 Å². The molecule has 0 fully saturated rings. The molecule has 0 aromatic heterocycles. The molecule has 22 heavy (non-hydrogen) atoms. The van der Waals surface area contributed by atoms with Gasteiger partial charge < -0.3 is 0 Å². The van der Waals surface area contributed by atoms with Crippen LogP contribution in [0.15, 0.2) is 35.9 Å². The molecule has 0 radical (unpaired) electrons. The maximum atomic E-state index is 13.3. The molecular weight excluding hydrogens is 278 g/mol. The standard InChI is InChI=1S/C20H26F2/c1-2-3-4-5-6-7-8-16-9-11-17(12-10-16)18-13-19(21)15-20(22)14-18/h9,11,13-15H,2-8,10,12H2,1H3. The lowest BCUT2D eigenvalue weighted by atomic mass is 9.91. The number of hydrogen-bond acceptors (Lipinski definition) is 0. The first-order chi connectivity index (χ1) is 10.7. The molecule has 1 aromatic carbocycles. The van der Waals surface area contributed by atoms with Crippen molar-refractivity contribution in [2.75, 3.05) is 0 Å². The number of benzene rings is 1. The van der Waals surface area contributed by atoms with E-state index in [1.165, 1.54) is 56.2 Å². The van der Waals surface area contributed by atoms with Gasteiger partial charge in [-0.15, -0.1) is 0 Å². The molecule has 120 valence electrons. The van der Waals surface area contributed by atoms with Crippen molar-refractivity contribution in [1.82, 2.24) is 0 Å². The van der Waals surface area contributed by atoms with Crippen LogP contribution in [0.3, 0.4) is 0 Å². The Bertz CT molecular complexity index is 520. The lowest BCUT2D eigenvalue weighted by molar-refractivity contribution is 0.582. The fourth-order valence-electron chi connectivity index (χ4n) is 3.00. The van der Waals surface area contributed by atoms with E-state index in [-0.39, 0.29) is 0 Å². The zero-order chi connectivity index (χ0) is 15.8. The molecule has 0 saturated heterocycles. The summed E-state index contributed by atoms with van der Waals surface area (Å²) in [5, 5.41) is 0. The van der Waals surface area contributed by atoms with Gasteiger partial charge in [0.25, 0.3) is 0 Å². The molecular formula is C20H26F2. The van der Waals surface area contributed by atoms with Gasteiger partial charge in [0, 0.05) is 6.07 Å². The van der Waals surface area contributed by atoms with Crippen LogP contribution >= 0.6 is 0 Å². The number of rotatable bonds is 8. The first kappa shape index (κ1) is 16.9. The maximum Gasteiger partial charge on any atom is 0.126 e. The fraction of sp³-hybridized carbons (Fsp3) is 0.500. The van der Waals surface area contributed by atoms with Crippen molar-refractivity contribution in [2.45, 2.75) is 64.7 Å². The summed E-state index contributed by atoms with van der Waals surface area (Å²) in [6.45, 7) is 2.24. The Balaban J connectivity index is 1.83. The van der Waals surface area contributed by atoms with Crippen molar-refractivity contribution < 1.29 is 8.78 Å². The molecule has 0 nitrogen and oxygen atoms in total. The predicted octanol–water partition coefficient (Wildman–Crippen LogP) is 6.82. The average molecular weight is 304 g/mol. The van der Waals surface area contributed by atoms with Gasteiger partial charge in [-0.2, -0.15) is 0 Å². The molecule has 0 amide bonds. The molecule has 1 aromatic rings. The van der Waals surface area contributed by atoms with Crippen LogP contribution in [0.5, 0.6) is 0 Å². The normalized spacial score (nSPS) is 14.7. The molecule has 0 saturated carbocycles. The minimum absolute atomic E-state index is 0.502. The smallest absolute Gasteiger partial charge is 0.126 e. The van der Waals surface area contributed by atoms with Crippen LogP contribution in [0, 0.1) is 11.6 Å². The summed E-state index contributed by atoms with van der Waals surface area (Å²) in [6.07, 6.45) is 15.1. The lowest BCUT2D eigenvalue weighted by Gasteiger charge is -2.15. The van der Waals surface area contributed by atoms with Gasteiger partial charge >= 0.3 is 0 Å². The van der Waals surface area contributed by atoms with Crippen LogP contribution in [0.4, 0.5) is 8.78 Å².